The Bertz CT molecular complexity index is 1060. The fraction of sp³-hybridized carbons (Fsp3) is 0.381. The number of benzene rings is 2. The van der Waals surface area contributed by atoms with Gasteiger partial charge in [-0.05, 0) is 43.5 Å². The zero-order valence-electron chi connectivity index (χ0n) is 16.7. The van der Waals surface area contributed by atoms with Gasteiger partial charge >= 0.3 is 12.1 Å². The van der Waals surface area contributed by atoms with Crippen LogP contribution in [0.5, 0.6) is 0 Å². The molecule has 1 aliphatic rings. The maximum Gasteiger partial charge on any atom is 0.416 e. The zero-order chi connectivity index (χ0) is 22.8. The zero-order valence-corrected chi connectivity index (χ0v) is 18.2. The molecular formula is C21H21ClF3NO4S. The van der Waals surface area contributed by atoms with E-state index in [0.29, 0.717) is 6.07 Å². The predicted octanol–water partition coefficient (Wildman–Crippen LogP) is 4.81. The summed E-state index contributed by atoms with van der Waals surface area (Å²) in [6, 6.07) is 9.73. The van der Waals surface area contributed by atoms with E-state index in [1.165, 1.54) is 0 Å². The average molecular weight is 476 g/mol. The van der Waals surface area contributed by atoms with Gasteiger partial charge in [0.1, 0.15) is 11.5 Å². The molecule has 0 aromatic heterocycles. The van der Waals surface area contributed by atoms with Crippen LogP contribution in [0.15, 0.2) is 47.4 Å². The standard InChI is InChI=1S/C21H21ClF3NO4S/c1-14-3-2-4-15(11-14)13-30-20(27)16-7-9-26(10-8-16)31(28,29)19-12-17(21(23,24)25)5-6-18(19)22/h2-6,11-12,16H,7-10,13H2,1H3. The summed E-state index contributed by atoms with van der Waals surface area (Å²) < 4.78 is 71.1. The SMILES string of the molecule is Cc1cccc(COC(=O)C2CCN(S(=O)(=O)c3cc(C(F)(F)F)ccc3Cl)CC2)c1. The topological polar surface area (TPSA) is 63.7 Å². The number of rotatable bonds is 5. The van der Waals surface area contributed by atoms with E-state index in [2.05, 4.69) is 0 Å². The maximum absolute atomic E-state index is 13.0. The summed E-state index contributed by atoms with van der Waals surface area (Å²) in [5.74, 6) is -0.899. The molecule has 1 fully saturated rings. The molecule has 2 aromatic rings. The minimum absolute atomic E-state index is 0.0148. The lowest BCUT2D eigenvalue weighted by Gasteiger charge is -2.30. The Morgan fingerprint density at radius 1 is 1.16 bits per heavy atom. The number of carbonyl (C=O) groups is 1. The van der Waals surface area contributed by atoms with Gasteiger partial charge in [-0.15, -0.1) is 0 Å². The van der Waals surface area contributed by atoms with Gasteiger partial charge in [0.05, 0.1) is 16.5 Å². The first-order chi connectivity index (χ1) is 14.5. The van der Waals surface area contributed by atoms with Crippen LogP contribution in [0.3, 0.4) is 0 Å². The highest BCUT2D eigenvalue weighted by atomic mass is 35.5. The summed E-state index contributed by atoms with van der Waals surface area (Å²) in [5, 5.41) is -0.285. The Balaban J connectivity index is 1.64. The third-order valence-electron chi connectivity index (χ3n) is 5.13. The van der Waals surface area contributed by atoms with E-state index in [9.17, 15) is 26.4 Å². The number of sulfonamides is 1. The molecule has 31 heavy (non-hydrogen) atoms. The van der Waals surface area contributed by atoms with Crippen molar-refractivity contribution in [1.82, 2.24) is 4.31 Å². The second-order valence-electron chi connectivity index (χ2n) is 7.42. The fourth-order valence-electron chi connectivity index (χ4n) is 3.42. The van der Waals surface area contributed by atoms with Crippen molar-refractivity contribution in [3.8, 4) is 0 Å². The first-order valence-corrected chi connectivity index (χ1v) is 11.4. The molecule has 0 atom stereocenters. The minimum Gasteiger partial charge on any atom is -0.461 e. The molecule has 0 bridgehead atoms. The first kappa shape index (κ1) is 23.6. The van der Waals surface area contributed by atoms with E-state index in [0.717, 1.165) is 27.6 Å². The Morgan fingerprint density at radius 3 is 2.45 bits per heavy atom. The summed E-state index contributed by atoms with van der Waals surface area (Å²) in [7, 11) is -4.24. The summed E-state index contributed by atoms with van der Waals surface area (Å²) in [6.45, 7) is 2.02. The molecule has 0 aliphatic carbocycles. The van der Waals surface area contributed by atoms with Crippen LogP contribution < -0.4 is 0 Å². The van der Waals surface area contributed by atoms with Gasteiger partial charge in [-0.3, -0.25) is 4.79 Å². The van der Waals surface area contributed by atoms with E-state index in [1.807, 2.05) is 31.2 Å². The molecule has 1 saturated heterocycles. The van der Waals surface area contributed by atoms with Gasteiger partial charge in [-0.2, -0.15) is 17.5 Å². The summed E-state index contributed by atoms with van der Waals surface area (Å²) in [4.78, 5) is 11.8. The monoisotopic (exact) mass is 475 g/mol. The molecule has 0 N–H and O–H groups in total. The third kappa shape index (κ3) is 5.58. The Morgan fingerprint density at radius 2 is 1.84 bits per heavy atom. The number of nitrogens with zero attached hydrogens (tertiary/aromatic N) is 1. The average Bonchev–Trinajstić information content (AvgIpc) is 2.71. The molecule has 0 radical (unpaired) electrons. The first-order valence-electron chi connectivity index (χ1n) is 9.57. The van der Waals surface area contributed by atoms with Crippen LogP contribution in [0, 0.1) is 12.8 Å². The molecule has 0 unspecified atom stereocenters. The number of hydrogen-bond donors (Lipinski definition) is 0. The molecular weight excluding hydrogens is 455 g/mol. The van der Waals surface area contributed by atoms with Crippen molar-refractivity contribution < 1.29 is 31.1 Å². The number of esters is 1. The van der Waals surface area contributed by atoms with E-state index in [1.54, 1.807) is 0 Å². The number of carbonyl (C=O) groups excluding carboxylic acids is 1. The largest absolute Gasteiger partial charge is 0.461 e. The van der Waals surface area contributed by atoms with E-state index in [-0.39, 0.29) is 37.6 Å². The second kappa shape index (κ2) is 9.18. The van der Waals surface area contributed by atoms with Crippen molar-refractivity contribution in [2.75, 3.05) is 13.1 Å². The van der Waals surface area contributed by atoms with Crippen LogP contribution in [-0.4, -0.2) is 31.8 Å². The van der Waals surface area contributed by atoms with Crippen molar-refractivity contribution >= 4 is 27.6 Å². The lowest BCUT2D eigenvalue weighted by molar-refractivity contribution is -0.151. The van der Waals surface area contributed by atoms with Crippen LogP contribution in [-0.2, 0) is 32.3 Å². The number of ether oxygens (including phenoxy) is 1. The Kier molecular flexibility index (Phi) is 6.98. The number of halogens is 4. The van der Waals surface area contributed by atoms with Crippen LogP contribution in [0.1, 0.15) is 29.5 Å². The molecule has 1 heterocycles. The molecule has 10 heteroatoms. The number of hydrogen-bond acceptors (Lipinski definition) is 4. The Hall–Kier alpha value is -2.10. The third-order valence-corrected chi connectivity index (χ3v) is 7.51. The summed E-state index contributed by atoms with van der Waals surface area (Å²) in [5.41, 5.74) is 0.804. The highest BCUT2D eigenvalue weighted by molar-refractivity contribution is 7.89. The second-order valence-corrected chi connectivity index (χ2v) is 9.73. The van der Waals surface area contributed by atoms with Gasteiger partial charge in [-0.1, -0.05) is 41.4 Å². The lowest BCUT2D eigenvalue weighted by Crippen LogP contribution is -2.40. The summed E-state index contributed by atoms with van der Waals surface area (Å²) in [6.07, 6.45) is -4.27. The van der Waals surface area contributed by atoms with Crippen LogP contribution in [0.25, 0.3) is 0 Å². The quantitative estimate of drug-likeness (QED) is 0.582. The van der Waals surface area contributed by atoms with Gasteiger partial charge in [0, 0.05) is 13.1 Å². The maximum atomic E-state index is 13.0. The van der Waals surface area contributed by atoms with Crippen molar-refractivity contribution in [2.45, 2.75) is 37.4 Å². The summed E-state index contributed by atoms with van der Waals surface area (Å²) >= 11 is 5.89. The fourth-order valence-corrected chi connectivity index (χ4v) is 5.39. The van der Waals surface area contributed by atoms with Crippen molar-refractivity contribution in [1.29, 1.82) is 0 Å². The van der Waals surface area contributed by atoms with Crippen molar-refractivity contribution in [3.05, 3.63) is 64.2 Å². The highest BCUT2D eigenvalue weighted by Gasteiger charge is 2.36. The molecule has 5 nitrogen and oxygen atoms in total. The molecule has 2 aromatic carbocycles. The molecule has 0 spiro atoms. The van der Waals surface area contributed by atoms with Crippen molar-refractivity contribution in [2.24, 2.45) is 5.92 Å². The molecule has 0 amide bonds. The van der Waals surface area contributed by atoms with Gasteiger partial charge < -0.3 is 4.74 Å². The van der Waals surface area contributed by atoms with E-state index in [4.69, 9.17) is 16.3 Å². The van der Waals surface area contributed by atoms with E-state index < -0.39 is 38.5 Å². The smallest absolute Gasteiger partial charge is 0.416 e. The van der Waals surface area contributed by atoms with Gasteiger partial charge in [0.15, 0.2) is 0 Å². The number of alkyl halides is 3. The van der Waals surface area contributed by atoms with Crippen LogP contribution >= 0.6 is 11.6 Å². The predicted molar refractivity (Wildman–Crippen MR) is 109 cm³/mol. The highest BCUT2D eigenvalue weighted by Crippen LogP contribution is 2.35. The normalized spacial score (nSPS) is 16.3. The minimum atomic E-state index is -4.69. The molecule has 168 valence electrons. The molecule has 0 saturated carbocycles. The van der Waals surface area contributed by atoms with Crippen LogP contribution in [0.4, 0.5) is 13.2 Å². The van der Waals surface area contributed by atoms with Gasteiger partial charge in [-0.25, -0.2) is 8.42 Å². The van der Waals surface area contributed by atoms with E-state index >= 15 is 0 Å². The van der Waals surface area contributed by atoms with Gasteiger partial charge in [0.25, 0.3) is 0 Å². The lowest BCUT2D eigenvalue weighted by atomic mass is 9.98. The Labute approximate surface area is 183 Å². The molecule has 1 aliphatic heterocycles. The molecule has 3 rings (SSSR count). The van der Waals surface area contributed by atoms with Crippen LogP contribution in [0.2, 0.25) is 5.02 Å². The van der Waals surface area contributed by atoms with Gasteiger partial charge in [0.2, 0.25) is 10.0 Å². The number of aryl methyl sites for hydroxylation is 1. The number of piperidine rings is 1. The van der Waals surface area contributed by atoms with Crippen molar-refractivity contribution in [3.63, 3.8) is 0 Å².